The molecule has 0 aliphatic carbocycles. The molecule has 0 aliphatic heterocycles. The first-order valence-electron chi connectivity index (χ1n) is 12.6. The third-order valence-corrected chi connectivity index (χ3v) is 6.33. The molecular formula is C30H31ClFN5O2. The predicted octanol–water partition coefficient (Wildman–Crippen LogP) is 7.08. The summed E-state index contributed by atoms with van der Waals surface area (Å²) >= 11 is 5.86. The molecule has 0 spiro atoms. The molecule has 3 aromatic carbocycles. The van der Waals surface area contributed by atoms with Gasteiger partial charge in [-0.3, -0.25) is 4.79 Å². The van der Waals surface area contributed by atoms with Crippen LogP contribution in [0.2, 0.25) is 5.02 Å². The Morgan fingerprint density at radius 1 is 1.00 bits per heavy atom. The molecule has 4 aromatic rings. The molecule has 2 N–H and O–H groups in total. The number of anilines is 2. The van der Waals surface area contributed by atoms with Crippen molar-refractivity contribution in [1.82, 2.24) is 14.7 Å². The monoisotopic (exact) mass is 547 g/mol. The maximum absolute atomic E-state index is 13.6. The molecular weight excluding hydrogens is 517 g/mol. The van der Waals surface area contributed by atoms with Crippen molar-refractivity contribution in [3.05, 3.63) is 94.9 Å². The predicted molar refractivity (Wildman–Crippen MR) is 154 cm³/mol. The maximum atomic E-state index is 13.6. The van der Waals surface area contributed by atoms with E-state index in [2.05, 4.69) is 10.6 Å². The average molecular weight is 548 g/mol. The first-order valence-corrected chi connectivity index (χ1v) is 13.0. The third-order valence-electron chi connectivity index (χ3n) is 6.04. The molecule has 0 aliphatic rings. The lowest BCUT2D eigenvalue weighted by molar-refractivity contribution is -0.116. The van der Waals surface area contributed by atoms with E-state index in [0.717, 1.165) is 28.1 Å². The lowest BCUT2D eigenvalue weighted by Gasteiger charge is -2.24. The Morgan fingerprint density at radius 3 is 2.33 bits per heavy atom. The van der Waals surface area contributed by atoms with Crippen LogP contribution in [-0.2, 0) is 4.79 Å². The van der Waals surface area contributed by atoms with Gasteiger partial charge in [0, 0.05) is 17.8 Å². The number of urea groups is 1. The second kappa shape index (κ2) is 12.1. The number of aryl methyl sites for hydroxylation is 2. The number of hydrogen-bond acceptors (Lipinski definition) is 3. The summed E-state index contributed by atoms with van der Waals surface area (Å²) in [5.41, 5.74) is 4.70. The molecule has 1 aromatic heterocycles. The highest BCUT2D eigenvalue weighted by molar-refractivity contribution is 6.31. The number of rotatable bonds is 8. The first kappa shape index (κ1) is 27.9. The van der Waals surface area contributed by atoms with E-state index in [1.165, 1.54) is 23.1 Å². The molecule has 0 atom stereocenters. The summed E-state index contributed by atoms with van der Waals surface area (Å²) in [6.45, 7) is 7.94. The number of halogens is 2. The Balaban J connectivity index is 1.63. The lowest BCUT2D eigenvalue weighted by Crippen LogP contribution is -2.42. The highest BCUT2D eigenvalue weighted by Crippen LogP contribution is 2.33. The summed E-state index contributed by atoms with van der Waals surface area (Å²) in [7, 11) is 0. The van der Waals surface area contributed by atoms with Crippen molar-refractivity contribution in [2.75, 3.05) is 23.7 Å². The summed E-state index contributed by atoms with van der Waals surface area (Å²) in [5.74, 6) is -0.348. The van der Waals surface area contributed by atoms with E-state index in [4.69, 9.17) is 16.7 Å². The number of aromatic nitrogens is 2. The molecule has 0 saturated heterocycles. The van der Waals surface area contributed by atoms with Crippen LogP contribution < -0.4 is 10.6 Å². The summed E-state index contributed by atoms with van der Waals surface area (Å²) in [4.78, 5) is 28.0. The van der Waals surface area contributed by atoms with Gasteiger partial charge in [0.05, 0.1) is 16.4 Å². The van der Waals surface area contributed by atoms with Gasteiger partial charge in [-0.2, -0.15) is 5.10 Å². The molecule has 0 bridgehead atoms. The SMILES string of the molecule is Cc1ccc(-n2nc(C)c(-c3ccccc3)c2NC(=O)CN(CC(C)C)C(=O)Nc2ccc(F)c(Cl)c2)cc1. The molecule has 3 amide bonds. The Hall–Kier alpha value is -4.17. The Labute approximate surface area is 232 Å². The molecule has 0 saturated carbocycles. The van der Waals surface area contributed by atoms with Gasteiger partial charge in [-0.1, -0.05) is 73.5 Å². The van der Waals surface area contributed by atoms with Crippen LogP contribution in [0.1, 0.15) is 25.1 Å². The fraction of sp³-hybridized carbons (Fsp3) is 0.233. The Bertz CT molecular complexity index is 1470. The van der Waals surface area contributed by atoms with Gasteiger partial charge < -0.3 is 15.5 Å². The summed E-state index contributed by atoms with van der Waals surface area (Å²) in [6, 6.07) is 21.0. The van der Waals surface area contributed by atoms with Crippen molar-refractivity contribution in [2.24, 2.45) is 5.92 Å². The van der Waals surface area contributed by atoms with E-state index < -0.39 is 11.8 Å². The largest absolute Gasteiger partial charge is 0.322 e. The van der Waals surface area contributed by atoms with Crippen LogP contribution >= 0.6 is 11.6 Å². The zero-order chi connectivity index (χ0) is 28.1. The first-order chi connectivity index (χ1) is 18.6. The zero-order valence-corrected chi connectivity index (χ0v) is 23.1. The maximum Gasteiger partial charge on any atom is 0.322 e. The summed E-state index contributed by atoms with van der Waals surface area (Å²) < 4.78 is 15.3. The lowest BCUT2D eigenvalue weighted by atomic mass is 10.1. The van der Waals surface area contributed by atoms with Crippen molar-refractivity contribution in [3.63, 3.8) is 0 Å². The zero-order valence-electron chi connectivity index (χ0n) is 22.3. The van der Waals surface area contributed by atoms with Gasteiger partial charge in [-0.05, 0) is 55.7 Å². The standard InChI is InChI=1S/C30H31ClFN5O2/c1-19(2)17-36(30(39)33-23-12-15-26(32)25(31)16-23)18-27(38)34-29-28(22-8-6-5-7-9-22)21(4)35-37(29)24-13-10-20(3)11-14-24/h5-16,19H,17-18H2,1-4H3,(H,33,39)(H,34,38). The second-order valence-corrected chi connectivity index (χ2v) is 10.2. The van der Waals surface area contributed by atoms with Crippen molar-refractivity contribution in [3.8, 4) is 16.8 Å². The molecule has 7 nitrogen and oxygen atoms in total. The quantitative estimate of drug-likeness (QED) is 0.247. The second-order valence-electron chi connectivity index (χ2n) is 9.80. The Kier molecular flexibility index (Phi) is 8.66. The van der Waals surface area contributed by atoms with Gasteiger partial charge in [-0.15, -0.1) is 0 Å². The minimum absolute atomic E-state index is 0.0977. The van der Waals surface area contributed by atoms with Crippen LogP contribution in [0, 0.1) is 25.6 Å². The highest BCUT2D eigenvalue weighted by Gasteiger charge is 2.23. The van der Waals surface area contributed by atoms with E-state index >= 15 is 0 Å². The van der Waals surface area contributed by atoms with E-state index in [1.54, 1.807) is 4.68 Å². The highest BCUT2D eigenvalue weighted by atomic mass is 35.5. The number of benzene rings is 3. The Morgan fingerprint density at radius 2 is 1.69 bits per heavy atom. The molecule has 202 valence electrons. The van der Waals surface area contributed by atoms with Crippen molar-refractivity contribution in [1.29, 1.82) is 0 Å². The summed E-state index contributed by atoms with van der Waals surface area (Å²) in [5, 5.41) is 10.4. The number of hydrogen-bond donors (Lipinski definition) is 2. The molecule has 0 radical (unpaired) electrons. The van der Waals surface area contributed by atoms with E-state index in [-0.39, 0.29) is 23.4 Å². The average Bonchev–Trinajstić information content (AvgIpc) is 3.21. The number of carbonyl (C=O) groups excluding carboxylic acids is 2. The minimum atomic E-state index is -0.581. The van der Waals surface area contributed by atoms with Crippen LogP contribution in [0.3, 0.4) is 0 Å². The van der Waals surface area contributed by atoms with Gasteiger partial charge in [0.2, 0.25) is 5.91 Å². The van der Waals surface area contributed by atoms with Gasteiger partial charge in [0.1, 0.15) is 18.2 Å². The van der Waals surface area contributed by atoms with Crippen molar-refractivity contribution < 1.29 is 14.0 Å². The van der Waals surface area contributed by atoms with E-state index in [0.29, 0.717) is 18.1 Å². The van der Waals surface area contributed by atoms with Gasteiger partial charge in [0.25, 0.3) is 0 Å². The van der Waals surface area contributed by atoms with E-state index in [1.807, 2.05) is 82.3 Å². The van der Waals surface area contributed by atoms with Crippen LogP contribution in [0.15, 0.2) is 72.8 Å². The number of nitrogens with zero attached hydrogens (tertiary/aromatic N) is 3. The van der Waals surface area contributed by atoms with Gasteiger partial charge in [0.15, 0.2) is 0 Å². The molecule has 0 fully saturated rings. The van der Waals surface area contributed by atoms with E-state index in [9.17, 15) is 14.0 Å². The molecule has 39 heavy (non-hydrogen) atoms. The molecule has 4 rings (SSSR count). The van der Waals surface area contributed by atoms with Crippen molar-refractivity contribution >= 4 is 35.0 Å². The molecule has 0 unspecified atom stereocenters. The number of amides is 3. The van der Waals surface area contributed by atoms with Gasteiger partial charge >= 0.3 is 6.03 Å². The van der Waals surface area contributed by atoms with Crippen LogP contribution in [0.4, 0.5) is 20.7 Å². The van der Waals surface area contributed by atoms with Crippen molar-refractivity contribution in [2.45, 2.75) is 27.7 Å². The fourth-order valence-corrected chi connectivity index (χ4v) is 4.43. The van der Waals surface area contributed by atoms with Gasteiger partial charge in [-0.25, -0.2) is 13.9 Å². The number of carbonyl (C=O) groups is 2. The third kappa shape index (κ3) is 6.83. The van der Waals surface area contributed by atoms with Crippen LogP contribution in [-0.4, -0.2) is 39.7 Å². The minimum Gasteiger partial charge on any atom is -0.315 e. The molecule has 9 heteroatoms. The summed E-state index contributed by atoms with van der Waals surface area (Å²) in [6.07, 6.45) is 0. The van der Waals surface area contributed by atoms with Crippen LogP contribution in [0.25, 0.3) is 16.8 Å². The molecule has 1 heterocycles. The fourth-order valence-electron chi connectivity index (χ4n) is 4.25. The smallest absolute Gasteiger partial charge is 0.315 e. The number of nitrogens with one attached hydrogen (secondary N) is 2. The topological polar surface area (TPSA) is 79.3 Å². The normalized spacial score (nSPS) is 10.9. The van der Waals surface area contributed by atoms with Crippen LogP contribution in [0.5, 0.6) is 0 Å².